The number of aryl methyl sites for hydroxylation is 1. The van der Waals surface area contributed by atoms with Crippen molar-refractivity contribution in [1.29, 1.82) is 0 Å². The van der Waals surface area contributed by atoms with E-state index in [2.05, 4.69) is 4.90 Å². The Balaban J connectivity index is 1.42. The molecule has 1 amide bonds. The van der Waals surface area contributed by atoms with Crippen molar-refractivity contribution in [2.45, 2.75) is 6.92 Å². The Morgan fingerprint density at radius 3 is 2.27 bits per heavy atom. The number of carbonyl (C=O) groups excluding carboxylic acids is 1. The van der Waals surface area contributed by atoms with E-state index in [9.17, 15) is 9.90 Å². The van der Waals surface area contributed by atoms with E-state index < -0.39 is 0 Å². The second kappa shape index (κ2) is 8.82. The number of aromatic hydroxyl groups is 1. The van der Waals surface area contributed by atoms with Gasteiger partial charge in [0.15, 0.2) is 0 Å². The Hall–Kier alpha value is -4.06. The smallest absolute Gasteiger partial charge is 0.257 e. The predicted octanol–water partition coefficient (Wildman–Crippen LogP) is 4.52. The molecule has 0 bridgehead atoms. The molecule has 4 aromatic rings. The summed E-state index contributed by atoms with van der Waals surface area (Å²) in [6, 6.07) is 25.2. The van der Waals surface area contributed by atoms with Crippen LogP contribution in [0.2, 0.25) is 0 Å². The third kappa shape index (κ3) is 4.32. The van der Waals surface area contributed by atoms with Gasteiger partial charge in [0.2, 0.25) is 0 Å². The first-order chi connectivity index (χ1) is 16.1. The van der Waals surface area contributed by atoms with Crippen molar-refractivity contribution in [3.63, 3.8) is 0 Å². The number of phenols is 1. The lowest BCUT2D eigenvalue weighted by atomic mass is 10.1. The molecule has 1 aliphatic heterocycles. The van der Waals surface area contributed by atoms with E-state index in [1.165, 1.54) is 5.56 Å². The van der Waals surface area contributed by atoms with E-state index in [4.69, 9.17) is 5.10 Å². The van der Waals surface area contributed by atoms with Gasteiger partial charge in [0.05, 0.1) is 11.3 Å². The number of hydrogen-bond donors (Lipinski definition) is 1. The van der Waals surface area contributed by atoms with E-state index in [1.54, 1.807) is 16.8 Å². The molecule has 1 aliphatic rings. The molecule has 0 radical (unpaired) electrons. The first-order valence-electron chi connectivity index (χ1n) is 11.1. The second-order valence-electron chi connectivity index (χ2n) is 8.34. The number of phenolic OH excluding ortho intramolecular Hbond substituents is 1. The molecule has 2 heterocycles. The summed E-state index contributed by atoms with van der Waals surface area (Å²) in [6.07, 6.45) is 1.84. The van der Waals surface area contributed by atoms with Crippen molar-refractivity contribution >= 4 is 11.6 Å². The summed E-state index contributed by atoms with van der Waals surface area (Å²) >= 11 is 0. The minimum absolute atomic E-state index is 0.0113. The van der Waals surface area contributed by atoms with Gasteiger partial charge in [-0.05, 0) is 31.2 Å². The summed E-state index contributed by atoms with van der Waals surface area (Å²) in [5.41, 5.74) is 5.29. The van der Waals surface area contributed by atoms with Crippen LogP contribution in [-0.2, 0) is 0 Å². The highest BCUT2D eigenvalue weighted by molar-refractivity contribution is 6.00. The highest BCUT2D eigenvalue weighted by atomic mass is 16.3. The minimum Gasteiger partial charge on any atom is -0.508 e. The van der Waals surface area contributed by atoms with E-state index in [0.717, 1.165) is 16.9 Å². The maximum absolute atomic E-state index is 13.6. The van der Waals surface area contributed by atoms with Crippen molar-refractivity contribution in [2.24, 2.45) is 0 Å². The van der Waals surface area contributed by atoms with Crippen molar-refractivity contribution < 1.29 is 9.90 Å². The van der Waals surface area contributed by atoms with Crippen molar-refractivity contribution in [1.82, 2.24) is 14.7 Å². The van der Waals surface area contributed by atoms with Gasteiger partial charge in [-0.1, -0.05) is 54.1 Å². The van der Waals surface area contributed by atoms with Gasteiger partial charge >= 0.3 is 0 Å². The number of amides is 1. The van der Waals surface area contributed by atoms with Gasteiger partial charge in [-0.2, -0.15) is 5.10 Å². The fourth-order valence-corrected chi connectivity index (χ4v) is 4.20. The van der Waals surface area contributed by atoms with Gasteiger partial charge in [0, 0.05) is 49.7 Å². The summed E-state index contributed by atoms with van der Waals surface area (Å²) in [6.45, 7) is 4.69. The Morgan fingerprint density at radius 2 is 1.58 bits per heavy atom. The van der Waals surface area contributed by atoms with Crippen molar-refractivity contribution in [3.8, 4) is 22.7 Å². The zero-order valence-electron chi connectivity index (χ0n) is 18.6. The summed E-state index contributed by atoms with van der Waals surface area (Å²) < 4.78 is 1.79. The zero-order chi connectivity index (χ0) is 22.8. The Labute approximate surface area is 193 Å². The van der Waals surface area contributed by atoms with Crippen LogP contribution >= 0.6 is 0 Å². The lowest BCUT2D eigenvalue weighted by molar-refractivity contribution is 0.0747. The number of rotatable bonds is 4. The van der Waals surface area contributed by atoms with Crippen molar-refractivity contribution in [3.05, 3.63) is 96.2 Å². The number of carbonyl (C=O) groups is 1. The van der Waals surface area contributed by atoms with Crippen LogP contribution in [0.5, 0.6) is 5.75 Å². The van der Waals surface area contributed by atoms with Crippen LogP contribution in [0.1, 0.15) is 15.9 Å². The first-order valence-corrected chi connectivity index (χ1v) is 11.1. The summed E-state index contributed by atoms with van der Waals surface area (Å²) in [7, 11) is 0. The fourth-order valence-electron chi connectivity index (χ4n) is 4.20. The van der Waals surface area contributed by atoms with Crippen molar-refractivity contribution in [2.75, 3.05) is 31.1 Å². The predicted molar refractivity (Wildman–Crippen MR) is 130 cm³/mol. The van der Waals surface area contributed by atoms with Gasteiger partial charge in [0.25, 0.3) is 5.91 Å². The highest BCUT2D eigenvalue weighted by Gasteiger charge is 2.27. The minimum atomic E-state index is -0.0113. The molecule has 1 aromatic heterocycles. The second-order valence-corrected chi connectivity index (χ2v) is 8.34. The Kier molecular flexibility index (Phi) is 5.57. The quantitative estimate of drug-likeness (QED) is 0.509. The monoisotopic (exact) mass is 438 g/mol. The molecule has 1 fully saturated rings. The SMILES string of the molecule is Cc1ccc(-n2cc(C(=O)N3CCN(c4cccc(O)c4)CC3)c(-c3ccccc3)n2)cc1. The molecule has 0 saturated carbocycles. The molecule has 6 heteroatoms. The van der Waals surface area contributed by atoms with Gasteiger partial charge in [-0.15, -0.1) is 0 Å². The molecule has 0 unspecified atom stereocenters. The van der Waals surface area contributed by atoms with Crippen LogP contribution in [0.3, 0.4) is 0 Å². The average Bonchev–Trinajstić information content (AvgIpc) is 3.30. The van der Waals surface area contributed by atoms with E-state index >= 15 is 0 Å². The molecule has 5 rings (SSSR count). The average molecular weight is 439 g/mol. The molecular formula is C27H26N4O2. The number of hydrogen-bond acceptors (Lipinski definition) is 4. The Morgan fingerprint density at radius 1 is 0.848 bits per heavy atom. The van der Waals surface area contributed by atoms with Crippen LogP contribution in [0.15, 0.2) is 85.1 Å². The molecule has 3 aromatic carbocycles. The number of benzene rings is 3. The third-order valence-corrected chi connectivity index (χ3v) is 6.05. The van der Waals surface area contributed by atoms with Crippen LogP contribution in [-0.4, -0.2) is 51.9 Å². The fraction of sp³-hybridized carbons (Fsp3) is 0.185. The van der Waals surface area contributed by atoms with Crippen LogP contribution in [0, 0.1) is 6.92 Å². The maximum atomic E-state index is 13.6. The summed E-state index contributed by atoms with van der Waals surface area (Å²) in [5.74, 6) is 0.241. The van der Waals surface area contributed by atoms with E-state index in [-0.39, 0.29) is 11.7 Å². The number of nitrogens with zero attached hydrogens (tertiary/aromatic N) is 4. The Bertz CT molecular complexity index is 1260. The normalized spacial score (nSPS) is 13.8. The van der Waals surface area contributed by atoms with Gasteiger partial charge in [-0.25, -0.2) is 4.68 Å². The lowest BCUT2D eigenvalue weighted by Gasteiger charge is -2.36. The molecule has 1 N–H and O–H groups in total. The number of aromatic nitrogens is 2. The largest absolute Gasteiger partial charge is 0.508 e. The number of piperazine rings is 1. The lowest BCUT2D eigenvalue weighted by Crippen LogP contribution is -2.48. The van der Waals surface area contributed by atoms with Crippen LogP contribution in [0.25, 0.3) is 16.9 Å². The molecule has 0 spiro atoms. The van der Waals surface area contributed by atoms with Crippen LogP contribution in [0.4, 0.5) is 5.69 Å². The molecule has 0 atom stereocenters. The molecular weight excluding hydrogens is 412 g/mol. The first kappa shape index (κ1) is 20.8. The van der Waals surface area contributed by atoms with E-state index in [0.29, 0.717) is 37.4 Å². The maximum Gasteiger partial charge on any atom is 0.257 e. The standard InChI is InChI=1S/C27H26N4O2/c1-20-10-12-22(13-11-20)31-19-25(26(28-31)21-6-3-2-4-7-21)27(33)30-16-14-29(15-17-30)23-8-5-9-24(32)18-23/h2-13,18-19,32H,14-17H2,1H3. The molecule has 166 valence electrons. The highest BCUT2D eigenvalue weighted by Crippen LogP contribution is 2.26. The molecule has 1 saturated heterocycles. The van der Waals surface area contributed by atoms with Gasteiger partial charge in [0.1, 0.15) is 11.4 Å². The van der Waals surface area contributed by atoms with E-state index in [1.807, 2.05) is 84.8 Å². The van der Waals surface area contributed by atoms with Gasteiger partial charge in [-0.3, -0.25) is 4.79 Å². The third-order valence-electron chi connectivity index (χ3n) is 6.05. The summed E-state index contributed by atoms with van der Waals surface area (Å²) in [5, 5.41) is 14.6. The molecule has 0 aliphatic carbocycles. The van der Waals surface area contributed by atoms with Gasteiger partial charge < -0.3 is 14.9 Å². The summed E-state index contributed by atoms with van der Waals surface area (Å²) in [4.78, 5) is 17.7. The van der Waals surface area contributed by atoms with Crippen LogP contribution < -0.4 is 4.90 Å². The molecule has 6 nitrogen and oxygen atoms in total. The molecule has 33 heavy (non-hydrogen) atoms. The zero-order valence-corrected chi connectivity index (χ0v) is 18.6. The number of anilines is 1. The topological polar surface area (TPSA) is 61.6 Å².